The summed E-state index contributed by atoms with van der Waals surface area (Å²) in [4.78, 5) is 4.34. The fourth-order valence-electron chi connectivity index (χ4n) is 2.14. The van der Waals surface area contributed by atoms with Crippen molar-refractivity contribution >= 4 is 68.4 Å². The summed E-state index contributed by atoms with van der Waals surface area (Å²) >= 11 is 20.3. The highest BCUT2D eigenvalue weighted by molar-refractivity contribution is 14.1. The summed E-state index contributed by atoms with van der Waals surface area (Å²) in [7, 11) is 0. The maximum absolute atomic E-state index is 13.6. The molecule has 0 N–H and O–H groups in total. The Hall–Kier alpha value is -0.560. The van der Waals surface area contributed by atoms with Crippen LogP contribution in [-0.2, 0) is 5.88 Å². The quantitative estimate of drug-likeness (QED) is 0.352. The molecule has 0 aliphatic rings. The topological polar surface area (TPSA) is 17.8 Å². The molecule has 3 aromatic rings. The minimum Gasteiger partial charge on any atom is -0.294 e. The van der Waals surface area contributed by atoms with E-state index in [2.05, 4.69) is 27.6 Å². The molecule has 0 bridgehead atoms. The largest absolute Gasteiger partial charge is 0.294 e. The van der Waals surface area contributed by atoms with Gasteiger partial charge in [0, 0.05) is 9.64 Å². The van der Waals surface area contributed by atoms with Crippen molar-refractivity contribution in [3.05, 3.63) is 55.6 Å². The van der Waals surface area contributed by atoms with Gasteiger partial charge in [-0.2, -0.15) is 0 Å². The van der Waals surface area contributed by atoms with Crippen LogP contribution in [0.2, 0.25) is 10.0 Å². The van der Waals surface area contributed by atoms with E-state index in [4.69, 9.17) is 34.8 Å². The first kappa shape index (κ1) is 15.3. The molecule has 0 amide bonds. The van der Waals surface area contributed by atoms with Crippen molar-refractivity contribution in [2.24, 2.45) is 0 Å². The van der Waals surface area contributed by atoms with Crippen LogP contribution in [-0.4, -0.2) is 9.55 Å². The number of hydrogen-bond donors (Lipinski definition) is 0. The summed E-state index contributed by atoms with van der Waals surface area (Å²) in [5, 5.41) is 0.597. The second-order valence-electron chi connectivity index (χ2n) is 4.35. The summed E-state index contributed by atoms with van der Waals surface area (Å²) in [6, 6.07) is 8.47. The molecule has 0 aliphatic carbocycles. The molecule has 1 aromatic heterocycles. The molecule has 0 atom stereocenters. The Labute approximate surface area is 149 Å². The van der Waals surface area contributed by atoms with Crippen molar-refractivity contribution in [2.45, 2.75) is 5.88 Å². The Bertz CT molecular complexity index is 848. The van der Waals surface area contributed by atoms with Gasteiger partial charge in [-0.05, 0) is 46.9 Å². The molecule has 108 valence electrons. The van der Waals surface area contributed by atoms with Crippen molar-refractivity contribution in [1.82, 2.24) is 9.55 Å². The van der Waals surface area contributed by atoms with Gasteiger partial charge in [0.1, 0.15) is 11.6 Å². The average molecular weight is 455 g/mol. The van der Waals surface area contributed by atoms with Gasteiger partial charge in [0.15, 0.2) is 0 Å². The van der Waals surface area contributed by atoms with E-state index in [0.29, 0.717) is 21.9 Å². The third-order valence-corrected chi connectivity index (χ3v) is 4.54. The molecule has 0 saturated heterocycles. The van der Waals surface area contributed by atoms with E-state index in [1.165, 1.54) is 12.1 Å². The molecule has 21 heavy (non-hydrogen) atoms. The van der Waals surface area contributed by atoms with Crippen molar-refractivity contribution in [3.63, 3.8) is 0 Å². The van der Waals surface area contributed by atoms with Gasteiger partial charge in [-0.15, -0.1) is 11.6 Å². The minimum absolute atomic E-state index is 0.0337. The predicted octanol–water partition coefficient (Wildman–Crippen LogP) is 5.81. The first-order valence-electron chi connectivity index (χ1n) is 5.89. The zero-order valence-corrected chi connectivity index (χ0v) is 14.8. The highest BCUT2D eigenvalue weighted by atomic mass is 127. The predicted molar refractivity (Wildman–Crippen MR) is 93.3 cm³/mol. The maximum atomic E-state index is 13.6. The van der Waals surface area contributed by atoms with Gasteiger partial charge in [-0.1, -0.05) is 23.2 Å². The van der Waals surface area contributed by atoms with E-state index in [1.807, 2.05) is 18.2 Å². The number of aromatic nitrogens is 2. The van der Waals surface area contributed by atoms with Crippen molar-refractivity contribution < 1.29 is 4.39 Å². The van der Waals surface area contributed by atoms with E-state index in [0.717, 1.165) is 9.26 Å². The van der Waals surface area contributed by atoms with Crippen molar-refractivity contribution in [1.29, 1.82) is 0 Å². The van der Waals surface area contributed by atoms with Crippen LogP contribution in [0.4, 0.5) is 4.39 Å². The minimum atomic E-state index is -0.511. The second kappa shape index (κ2) is 5.91. The Morgan fingerprint density at radius 1 is 1.14 bits per heavy atom. The van der Waals surface area contributed by atoms with Gasteiger partial charge in [0.25, 0.3) is 0 Å². The fraction of sp³-hybridized carbons (Fsp3) is 0.0714. The van der Waals surface area contributed by atoms with Crippen LogP contribution < -0.4 is 0 Å². The molecular weight excluding hydrogens is 448 g/mol. The Balaban J connectivity index is 2.37. The smallest absolute Gasteiger partial charge is 0.144 e. The number of nitrogens with zero attached hydrogens (tertiary/aromatic N) is 2. The normalized spacial score (nSPS) is 11.3. The molecule has 1 heterocycles. The molecule has 2 aromatic carbocycles. The van der Waals surface area contributed by atoms with Crippen LogP contribution in [0.1, 0.15) is 5.82 Å². The third kappa shape index (κ3) is 2.74. The van der Waals surface area contributed by atoms with Gasteiger partial charge in [-0.25, -0.2) is 9.37 Å². The highest BCUT2D eigenvalue weighted by Gasteiger charge is 2.16. The summed E-state index contributed by atoms with van der Waals surface area (Å²) in [5.41, 5.74) is 1.89. The Kier molecular flexibility index (Phi) is 4.32. The average Bonchev–Trinajstić information content (AvgIpc) is 2.77. The molecule has 2 nitrogen and oxygen atoms in total. The van der Waals surface area contributed by atoms with Gasteiger partial charge in [0.05, 0.1) is 32.6 Å². The summed E-state index contributed by atoms with van der Waals surface area (Å²) in [6.07, 6.45) is 0. The number of halogens is 5. The number of hydrogen-bond acceptors (Lipinski definition) is 1. The number of benzene rings is 2. The summed E-state index contributed by atoms with van der Waals surface area (Å²) < 4.78 is 16.4. The first-order chi connectivity index (χ1) is 10.0. The lowest BCUT2D eigenvalue weighted by Gasteiger charge is -2.10. The zero-order chi connectivity index (χ0) is 15.1. The van der Waals surface area contributed by atoms with Crippen molar-refractivity contribution in [2.75, 3.05) is 0 Å². The lowest BCUT2D eigenvalue weighted by atomic mass is 10.2. The Morgan fingerprint density at radius 2 is 1.90 bits per heavy atom. The second-order valence-corrected chi connectivity index (χ2v) is 6.68. The van der Waals surface area contributed by atoms with Gasteiger partial charge < -0.3 is 0 Å². The molecule has 0 aliphatic heterocycles. The first-order valence-corrected chi connectivity index (χ1v) is 8.26. The van der Waals surface area contributed by atoms with E-state index >= 15 is 0 Å². The molecule has 0 saturated carbocycles. The van der Waals surface area contributed by atoms with Gasteiger partial charge in [0.2, 0.25) is 0 Å². The number of fused-ring (bicyclic) bond motifs is 1. The third-order valence-electron chi connectivity index (χ3n) is 3.04. The van der Waals surface area contributed by atoms with Crippen LogP contribution >= 0.6 is 57.4 Å². The zero-order valence-electron chi connectivity index (χ0n) is 10.4. The molecule has 0 unspecified atom stereocenters. The van der Waals surface area contributed by atoms with Gasteiger partial charge in [-0.3, -0.25) is 4.57 Å². The maximum Gasteiger partial charge on any atom is 0.144 e. The van der Waals surface area contributed by atoms with E-state index in [9.17, 15) is 4.39 Å². The summed E-state index contributed by atoms with van der Waals surface area (Å²) in [5.74, 6) is 0.246. The molecule has 3 rings (SSSR count). The van der Waals surface area contributed by atoms with Gasteiger partial charge >= 0.3 is 0 Å². The van der Waals surface area contributed by atoms with Crippen LogP contribution in [0.25, 0.3) is 16.7 Å². The molecule has 0 spiro atoms. The lowest BCUT2D eigenvalue weighted by Crippen LogP contribution is -2.00. The molecule has 0 fully saturated rings. The fourth-order valence-corrected chi connectivity index (χ4v) is 3.42. The van der Waals surface area contributed by atoms with Crippen molar-refractivity contribution in [3.8, 4) is 5.69 Å². The Morgan fingerprint density at radius 3 is 2.57 bits per heavy atom. The van der Waals surface area contributed by atoms with E-state index in [1.54, 1.807) is 4.57 Å². The number of rotatable bonds is 2. The molecular formula is C14H7Cl3FIN2. The van der Waals surface area contributed by atoms with E-state index in [-0.39, 0.29) is 10.9 Å². The standard InChI is InChI=1S/C14H7Cl3FIN2/c15-6-14-20-11-5-10(18)8(16)4-13(11)21(14)12-2-1-7(19)3-9(12)17/h1-5H,6H2. The molecule has 0 radical (unpaired) electrons. The number of imidazole rings is 1. The highest BCUT2D eigenvalue weighted by Crippen LogP contribution is 2.31. The number of alkyl halides is 1. The monoisotopic (exact) mass is 454 g/mol. The lowest BCUT2D eigenvalue weighted by molar-refractivity contribution is 0.630. The van der Waals surface area contributed by atoms with Crippen LogP contribution in [0.15, 0.2) is 30.3 Å². The molecule has 7 heteroatoms. The summed E-state index contributed by atoms with van der Waals surface area (Å²) in [6.45, 7) is 0. The van der Waals surface area contributed by atoms with Crippen LogP contribution in [0.3, 0.4) is 0 Å². The van der Waals surface area contributed by atoms with Crippen LogP contribution in [0, 0.1) is 9.39 Å². The van der Waals surface area contributed by atoms with E-state index < -0.39 is 5.82 Å². The SMILES string of the molecule is Fc1cc2nc(CCl)n(-c3ccc(I)cc3Cl)c2cc1Cl. The van der Waals surface area contributed by atoms with Crippen LogP contribution in [0.5, 0.6) is 0 Å².